The fraction of sp³-hybridized carbons (Fsp3) is 0.263. The van der Waals surface area contributed by atoms with E-state index in [4.69, 9.17) is 14.1 Å². The number of methoxy groups -OCH3 is 1. The van der Waals surface area contributed by atoms with Crippen molar-refractivity contribution in [2.24, 2.45) is 16.0 Å². The third kappa shape index (κ3) is 4.28. The fourth-order valence-electron chi connectivity index (χ4n) is 2.19. The lowest BCUT2D eigenvalue weighted by Crippen LogP contribution is -2.11. The summed E-state index contributed by atoms with van der Waals surface area (Å²) in [7, 11) is 1.65. The monoisotopic (exact) mass is 355 g/mol. The second-order valence-corrected chi connectivity index (χ2v) is 6.77. The predicted octanol–water partition coefficient (Wildman–Crippen LogP) is 4.93. The van der Waals surface area contributed by atoms with E-state index in [9.17, 15) is 0 Å². The molecule has 0 aliphatic carbocycles. The molecule has 0 saturated carbocycles. The molecule has 130 valence electrons. The van der Waals surface area contributed by atoms with Crippen LogP contribution in [-0.4, -0.2) is 18.0 Å². The minimum absolute atomic E-state index is 0.553. The lowest BCUT2D eigenvalue weighted by Gasteiger charge is -2.02. The molecular formula is C19H21N3O2S. The summed E-state index contributed by atoms with van der Waals surface area (Å²) in [6, 6.07) is 11.4. The van der Waals surface area contributed by atoms with E-state index in [0.29, 0.717) is 5.92 Å². The van der Waals surface area contributed by atoms with Crippen LogP contribution in [-0.2, 0) is 0 Å². The Hall–Kier alpha value is -2.60. The second kappa shape index (κ2) is 7.98. The molecule has 0 aliphatic heterocycles. The maximum Gasteiger partial charge on any atom is 0.211 e. The van der Waals surface area contributed by atoms with E-state index >= 15 is 0 Å². The smallest absolute Gasteiger partial charge is 0.211 e. The molecule has 6 heteroatoms. The van der Waals surface area contributed by atoms with Crippen molar-refractivity contribution in [3.05, 3.63) is 52.8 Å². The number of ether oxygens (including phenoxy) is 1. The van der Waals surface area contributed by atoms with Gasteiger partial charge in [0.05, 0.1) is 19.1 Å². The summed E-state index contributed by atoms with van der Waals surface area (Å²) < 4.78 is 12.6. The van der Waals surface area contributed by atoms with Gasteiger partial charge in [0.15, 0.2) is 5.76 Å². The second-order valence-electron chi connectivity index (χ2n) is 5.93. The molecule has 0 atom stereocenters. The van der Waals surface area contributed by atoms with Crippen molar-refractivity contribution in [3.63, 3.8) is 0 Å². The van der Waals surface area contributed by atoms with Crippen molar-refractivity contribution >= 4 is 23.2 Å². The summed E-state index contributed by atoms with van der Waals surface area (Å²) in [5.74, 6) is 2.13. The number of benzene rings is 1. The number of hydrogen-bond acceptors (Lipinski definition) is 5. The van der Waals surface area contributed by atoms with Crippen LogP contribution in [0.2, 0.25) is 0 Å². The van der Waals surface area contributed by atoms with Gasteiger partial charge in [0, 0.05) is 11.6 Å². The van der Waals surface area contributed by atoms with E-state index in [1.54, 1.807) is 13.4 Å². The first kappa shape index (κ1) is 17.2. The fourth-order valence-corrected chi connectivity index (χ4v) is 3.03. The Morgan fingerprint density at radius 1 is 1.24 bits per heavy atom. The third-order valence-corrected chi connectivity index (χ3v) is 4.35. The molecule has 0 N–H and O–H groups in total. The van der Waals surface area contributed by atoms with Gasteiger partial charge in [-0.25, -0.2) is 9.67 Å². The summed E-state index contributed by atoms with van der Waals surface area (Å²) in [5.41, 5.74) is 1.74. The van der Waals surface area contributed by atoms with Crippen LogP contribution in [0.15, 0.2) is 62.6 Å². The van der Waals surface area contributed by atoms with Gasteiger partial charge < -0.3 is 9.15 Å². The SMILES string of the molecule is COc1ccc(N=c2scc(-c3ccco3)n2N=CCC(C)C)cc1. The van der Waals surface area contributed by atoms with E-state index in [1.165, 1.54) is 11.3 Å². The summed E-state index contributed by atoms with van der Waals surface area (Å²) in [4.78, 5) is 5.50. The number of furan rings is 1. The van der Waals surface area contributed by atoms with Crippen LogP contribution in [0, 0.1) is 5.92 Å². The zero-order valence-electron chi connectivity index (χ0n) is 14.5. The number of hydrogen-bond donors (Lipinski definition) is 0. The molecule has 2 heterocycles. The van der Waals surface area contributed by atoms with Crippen molar-refractivity contribution in [1.29, 1.82) is 0 Å². The molecule has 0 amide bonds. The van der Waals surface area contributed by atoms with E-state index in [0.717, 1.165) is 34.1 Å². The third-order valence-electron chi connectivity index (χ3n) is 3.53. The van der Waals surface area contributed by atoms with E-state index < -0.39 is 0 Å². The van der Waals surface area contributed by atoms with Crippen molar-refractivity contribution in [2.75, 3.05) is 7.11 Å². The molecule has 1 aromatic carbocycles. The van der Waals surface area contributed by atoms with Crippen LogP contribution < -0.4 is 9.54 Å². The van der Waals surface area contributed by atoms with Gasteiger partial charge in [-0.15, -0.1) is 11.3 Å². The van der Waals surface area contributed by atoms with E-state index in [-0.39, 0.29) is 0 Å². The van der Waals surface area contributed by atoms with Gasteiger partial charge >= 0.3 is 0 Å². The maximum atomic E-state index is 5.54. The Balaban J connectivity index is 2.02. The largest absolute Gasteiger partial charge is 0.497 e. The first-order chi connectivity index (χ1) is 12.2. The zero-order chi connectivity index (χ0) is 17.6. The van der Waals surface area contributed by atoms with Gasteiger partial charge in [-0.05, 0) is 48.7 Å². The van der Waals surface area contributed by atoms with E-state index in [2.05, 4.69) is 18.9 Å². The van der Waals surface area contributed by atoms with Crippen LogP contribution >= 0.6 is 11.3 Å². The maximum absolute atomic E-state index is 5.54. The minimum atomic E-state index is 0.553. The zero-order valence-corrected chi connectivity index (χ0v) is 15.4. The molecule has 0 unspecified atom stereocenters. The highest BCUT2D eigenvalue weighted by molar-refractivity contribution is 7.07. The van der Waals surface area contributed by atoms with Gasteiger partial charge in [0.1, 0.15) is 11.4 Å². The van der Waals surface area contributed by atoms with Gasteiger partial charge in [-0.2, -0.15) is 5.10 Å². The molecule has 0 fully saturated rings. The molecule has 2 aromatic heterocycles. The lowest BCUT2D eigenvalue weighted by atomic mass is 10.2. The first-order valence-corrected chi connectivity index (χ1v) is 9.01. The average Bonchev–Trinajstić information content (AvgIpc) is 3.26. The highest BCUT2D eigenvalue weighted by Gasteiger charge is 2.10. The van der Waals surface area contributed by atoms with Crippen molar-refractivity contribution in [1.82, 2.24) is 4.68 Å². The molecule has 0 aliphatic rings. The Kier molecular flexibility index (Phi) is 5.50. The molecule has 25 heavy (non-hydrogen) atoms. The number of thiazole rings is 1. The molecule has 0 bridgehead atoms. The highest BCUT2D eigenvalue weighted by atomic mass is 32.1. The molecule has 3 rings (SSSR count). The van der Waals surface area contributed by atoms with Gasteiger partial charge in [0.2, 0.25) is 4.80 Å². The normalized spacial score (nSPS) is 12.4. The van der Waals surface area contributed by atoms with Gasteiger partial charge in [-0.3, -0.25) is 0 Å². The van der Waals surface area contributed by atoms with Crippen molar-refractivity contribution < 1.29 is 9.15 Å². The van der Waals surface area contributed by atoms with Crippen LogP contribution in [0.3, 0.4) is 0 Å². The lowest BCUT2D eigenvalue weighted by molar-refractivity contribution is 0.415. The topological polar surface area (TPSA) is 52.0 Å². The summed E-state index contributed by atoms with van der Waals surface area (Å²) in [6.45, 7) is 4.33. The van der Waals surface area contributed by atoms with Crippen LogP contribution in [0.25, 0.3) is 11.5 Å². The van der Waals surface area contributed by atoms with Gasteiger partial charge in [0.25, 0.3) is 0 Å². The van der Waals surface area contributed by atoms with Crippen molar-refractivity contribution in [3.8, 4) is 17.2 Å². The highest BCUT2D eigenvalue weighted by Crippen LogP contribution is 2.22. The van der Waals surface area contributed by atoms with Crippen molar-refractivity contribution in [2.45, 2.75) is 20.3 Å². The molecule has 0 saturated heterocycles. The van der Waals surface area contributed by atoms with Crippen LogP contribution in [0.1, 0.15) is 20.3 Å². The summed E-state index contributed by atoms with van der Waals surface area (Å²) in [6.07, 6.45) is 4.49. The molecule has 0 spiro atoms. The Morgan fingerprint density at radius 3 is 2.68 bits per heavy atom. The average molecular weight is 355 g/mol. The first-order valence-electron chi connectivity index (χ1n) is 8.13. The number of aromatic nitrogens is 1. The standard InChI is InChI=1S/C19H21N3O2S/c1-14(2)10-11-20-22-17(18-5-4-12-24-18)13-25-19(22)21-15-6-8-16(23-3)9-7-15/h4-9,11-14H,10H2,1-3H3. The quantitative estimate of drug-likeness (QED) is 0.589. The van der Waals surface area contributed by atoms with Crippen LogP contribution in [0.4, 0.5) is 5.69 Å². The molecular weight excluding hydrogens is 334 g/mol. The predicted molar refractivity (Wildman–Crippen MR) is 102 cm³/mol. The molecule has 0 radical (unpaired) electrons. The minimum Gasteiger partial charge on any atom is -0.497 e. The number of rotatable bonds is 6. The Morgan fingerprint density at radius 2 is 2.04 bits per heavy atom. The van der Waals surface area contributed by atoms with E-state index in [1.807, 2.05) is 52.7 Å². The Bertz CT molecular complexity index is 888. The summed E-state index contributed by atoms with van der Waals surface area (Å²) >= 11 is 1.53. The van der Waals surface area contributed by atoms with Gasteiger partial charge in [-0.1, -0.05) is 13.8 Å². The Labute approximate surface area is 150 Å². The molecule has 3 aromatic rings. The molecule has 5 nitrogen and oxygen atoms in total. The summed E-state index contributed by atoms with van der Waals surface area (Å²) in [5, 5.41) is 6.62. The number of nitrogens with zero attached hydrogens (tertiary/aromatic N) is 3. The van der Waals surface area contributed by atoms with Crippen LogP contribution in [0.5, 0.6) is 5.75 Å².